The minimum Gasteiger partial charge on any atom is -0.507 e. The lowest BCUT2D eigenvalue weighted by atomic mass is 10.1. The van der Waals surface area contributed by atoms with Gasteiger partial charge in [0.2, 0.25) is 0 Å². The van der Waals surface area contributed by atoms with Crippen molar-refractivity contribution in [1.29, 1.82) is 0 Å². The van der Waals surface area contributed by atoms with Gasteiger partial charge in [-0.25, -0.2) is 0 Å². The zero-order valence-electron chi connectivity index (χ0n) is 12.0. The number of nitrogens with zero attached hydrogens (tertiary/aromatic N) is 1. The molecule has 3 rings (SSSR count). The number of phenolic OH excluding ortho intramolecular Hbond substituents is 1. The molecule has 0 saturated carbocycles. The number of furan rings is 1. The lowest BCUT2D eigenvalue weighted by Crippen LogP contribution is -2.36. The molecule has 5 nitrogen and oxygen atoms in total. The highest BCUT2D eigenvalue weighted by molar-refractivity contribution is 5.96. The normalized spacial score (nSPS) is 16.5. The number of carbonyl (C=O) groups excluding carboxylic acids is 1. The monoisotopic (exact) mass is 299 g/mol. The van der Waals surface area contributed by atoms with E-state index < -0.39 is 0 Å². The topological polar surface area (TPSA) is 62.9 Å². The Kier molecular flexibility index (Phi) is 4.14. The van der Waals surface area contributed by atoms with Gasteiger partial charge in [0.15, 0.2) is 0 Å². The molecular formula is C17H17NO4. The minimum atomic E-state index is -0.245. The fraction of sp³-hybridized carbons (Fsp3) is 0.235. The lowest BCUT2D eigenvalue weighted by molar-refractivity contribution is 0.0592. The van der Waals surface area contributed by atoms with Gasteiger partial charge >= 0.3 is 0 Å². The molecule has 1 aromatic heterocycles. The highest BCUT2D eigenvalue weighted by Gasteiger charge is 2.24. The minimum absolute atomic E-state index is 0.0255. The van der Waals surface area contributed by atoms with Gasteiger partial charge in [-0.15, -0.1) is 0 Å². The molecular weight excluding hydrogens is 282 g/mol. The van der Waals surface area contributed by atoms with Gasteiger partial charge in [-0.2, -0.15) is 0 Å². The van der Waals surface area contributed by atoms with Gasteiger partial charge < -0.3 is 19.2 Å². The summed E-state index contributed by atoms with van der Waals surface area (Å²) in [6.07, 6.45) is 5.86. The van der Waals surface area contributed by atoms with Crippen LogP contribution in [0.4, 0.5) is 0 Å². The van der Waals surface area contributed by atoms with Crippen LogP contribution >= 0.6 is 0 Å². The molecule has 1 aliphatic rings. The highest BCUT2D eigenvalue weighted by Crippen LogP contribution is 2.21. The van der Waals surface area contributed by atoms with Crippen LogP contribution in [0.5, 0.6) is 5.75 Å². The third-order valence-electron chi connectivity index (χ3n) is 3.54. The fourth-order valence-corrected chi connectivity index (χ4v) is 2.43. The van der Waals surface area contributed by atoms with Gasteiger partial charge in [0, 0.05) is 6.42 Å². The largest absolute Gasteiger partial charge is 0.507 e. The summed E-state index contributed by atoms with van der Waals surface area (Å²) in [5, 5.41) is 9.90. The Labute approximate surface area is 128 Å². The van der Waals surface area contributed by atoms with Crippen LogP contribution in [0.3, 0.4) is 0 Å². The first-order valence-electron chi connectivity index (χ1n) is 7.14. The van der Waals surface area contributed by atoms with Crippen molar-refractivity contribution in [2.45, 2.75) is 19.1 Å². The maximum Gasteiger partial charge on any atom is 0.258 e. The second-order valence-electron chi connectivity index (χ2n) is 5.15. The van der Waals surface area contributed by atoms with Crippen LogP contribution in [0.1, 0.15) is 22.5 Å². The van der Waals surface area contributed by atoms with Crippen molar-refractivity contribution >= 4 is 5.91 Å². The number of hydrogen-bond donors (Lipinski definition) is 1. The van der Waals surface area contributed by atoms with Crippen molar-refractivity contribution in [2.24, 2.45) is 0 Å². The summed E-state index contributed by atoms with van der Waals surface area (Å²) in [5.74, 6) is 0.419. The van der Waals surface area contributed by atoms with Gasteiger partial charge in [-0.05, 0) is 30.3 Å². The average molecular weight is 299 g/mol. The van der Waals surface area contributed by atoms with Crippen molar-refractivity contribution in [3.8, 4) is 5.75 Å². The van der Waals surface area contributed by atoms with Crippen molar-refractivity contribution in [2.75, 3.05) is 6.54 Å². The Morgan fingerprint density at radius 3 is 2.82 bits per heavy atom. The summed E-state index contributed by atoms with van der Waals surface area (Å²) in [5.41, 5.74) is 0.278. The molecule has 114 valence electrons. The molecule has 2 aromatic rings. The molecule has 0 bridgehead atoms. The summed E-state index contributed by atoms with van der Waals surface area (Å²) in [6.45, 7) is 0.765. The predicted octanol–water partition coefficient (Wildman–Crippen LogP) is 2.93. The van der Waals surface area contributed by atoms with E-state index in [9.17, 15) is 9.90 Å². The molecule has 0 spiro atoms. The van der Waals surface area contributed by atoms with E-state index in [1.54, 1.807) is 41.7 Å². The van der Waals surface area contributed by atoms with Crippen LogP contribution < -0.4 is 0 Å². The van der Waals surface area contributed by atoms with Crippen molar-refractivity contribution in [1.82, 2.24) is 4.90 Å². The molecule has 1 aliphatic heterocycles. The van der Waals surface area contributed by atoms with E-state index in [4.69, 9.17) is 9.15 Å². The second kappa shape index (κ2) is 6.39. The summed E-state index contributed by atoms with van der Waals surface area (Å²) in [4.78, 5) is 14.4. The van der Waals surface area contributed by atoms with Crippen molar-refractivity contribution in [3.05, 3.63) is 66.3 Å². The molecule has 1 unspecified atom stereocenters. The Bertz CT molecular complexity index is 655. The molecule has 1 N–H and O–H groups in total. The molecule has 1 amide bonds. The van der Waals surface area contributed by atoms with Crippen LogP contribution in [0.25, 0.3) is 0 Å². The SMILES string of the molecule is O=C(c1ccccc1O)N(Cc1ccco1)CC1CC=CO1. The fourth-order valence-electron chi connectivity index (χ4n) is 2.43. The maximum absolute atomic E-state index is 12.7. The number of hydrogen-bond acceptors (Lipinski definition) is 4. The number of ether oxygens (including phenoxy) is 1. The maximum atomic E-state index is 12.7. The first-order chi connectivity index (χ1) is 10.7. The van der Waals surface area contributed by atoms with Crippen LogP contribution in [0, 0.1) is 0 Å². The molecule has 5 heteroatoms. The zero-order valence-corrected chi connectivity index (χ0v) is 12.0. The number of benzene rings is 1. The smallest absolute Gasteiger partial charge is 0.258 e. The van der Waals surface area contributed by atoms with E-state index in [0.717, 1.165) is 6.42 Å². The molecule has 0 aliphatic carbocycles. The molecule has 1 atom stereocenters. The molecule has 22 heavy (non-hydrogen) atoms. The average Bonchev–Trinajstić information content (AvgIpc) is 3.20. The molecule has 0 fully saturated rings. The van der Waals surface area contributed by atoms with Crippen molar-refractivity contribution < 1.29 is 19.1 Å². The van der Waals surface area contributed by atoms with Crippen molar-refractivity contribution in [3.63, 3.8) is 0 Å². The summed E-state index contributed by atoms with van der Waals surface area (Å²) in [7, 11) is 0. The van der Waals surface area contributed by atoms with Crippen LogP contribution in [0.2, 0.25) is 0 Å². The van der Waals surface area contributed by atoms with E-state index in [1.165, 1.54) is 6.07 Å². The Balaban J connectivity index is 1.80. The van der Waals surface area contributed by atoms with Gasteiger partial charge in [0.05, 0.1) is 31.2 Å². The molecule has 1 aromatic carbocycles. The summed E-state index contributed by atoms with van der Waals surface area (Å²) < 4.78 is 10.8. The number of amides is 1. The molecule has 0 radical (unpaired) electrons. The highest BCUT2D eigenvalue weighted by atomic mass is 16.5. The zero-order chi connectivity index (χ0) is 15.4. The van der Waals surface area contributed by atoms with E-state index >= 15 is 0 Å². The quantitative estimate of drug-likeness (QED) is 0.922. The molecule has 2 heterocycles. The van der Waals surface area contributed by atoms with Gasteiger partial charge in [0.25, 0.3) is 5.91 Å². The van der Waals surface area contributed by atoms with E-state index in [-0.39, 0.29) is 23.3 Å². The standard InChI is InChI=1S/C17H17NO4/c19-16-8-2-1-7-15(16)17(20)18(11-13-5-3-9-21-13)12-14-6-4-10-22-14/h1-5,7-10,14,19H,6,11-12H2. The van der Waals surface area contributed by atoms with E-state index in [2.05, 4.69) is 0 Å². The summed E-state index contributed by atoms with van der Waals surface area (Å²) in [6, 6.07) is 10.1. The third kappa shape index (κ3) is 3.14. The molecule has 0 saturated heterocycles. The van der Waals surface area contributed by atoms with Crippen LogP contribution in [0.15, 0.2) is 59.4 Å². The first-order valence-corrected chi connectivity index (χ1v) is 7.14. The summed E-state index contributed by atoms with van der Waals surface area (Å²) >= 11 is 0. The Hall–Kier alpha value is -2.69. The van der Waals surface area contributed by atoms with Crippen LogP contribution in [-0.4, -0.2) is 28.6 Å². The Morgan fingerprint density at radius 1 is 1.27 bits per heavy atom. The number of carbonyl (C=O) groups is 1. The van der Waals surface area contributed by atoms with E-state index in [0.29, 0.717) is 18.8 Å². The van der Waals surface area contributed by atoms with Gasteiger partial charge in [-0.1, -0.05) is 12.1 Å². The Morgan fingerprint density at radius 2 is 2.14 bits per heavy atom. The number of rotatable bonds is 5. The first kappa shape index (κ1) is 14.3. The third-order valence-corrected chi connectivity index (χ3v) is 3.54. The van der Waals surface area contributed by atoms with E-state index in [1.807, 2.05) is 12.1 Å². The van der Waals surface area contributed by atoms with Gasteiger partial charge in [0.1, 0.15) is 17.6 Å². The lowest BCUT2D eigenvalue weighted by Gasteiger charge is -2.25. The predicted molar refractivity (Wildman–Crippen MR) is 80.2 cm³/mol. The number of aromatic hydroxyl groups is 1. The second-order valence-corrected chi connectivity index (χ2v) is 5.15. The van der Waals surface area contributed by atoms with Crippen LogP contribution in [-0.2, 0) is 11.3 Å². The van der Waals surface area contributed by atoms with Gasteiger partial charge in [-0.3, -0.25) is 4.79 Å². The number of phenols is 1. The number of para-hydroxylation sites is 1.